The summed E-state index contributed by atoms with van der Waals surface area (Å²) in [6.45, 7) is 1.80. The Labute approximate surface area is 131 Å². The molecular weight excluding hydrogens is 335 g/mol. The minimum Gasteiger partial charge on any atom is -0.483 e. The van der Waals surface area contributed by atoms with Crippen LogP contribution < -0.4 is 10.5 Å². The first-order chi connectivity index (χ1) is 10.0. The summed E-state index contributed by atoms with van der Waals surface area (Å²) in [6, 6.07) is 13.3. The van der Waals surface area contributed by atoms with Gasteiger partial charge in [-0.25, -0.2) is 4.39 Å². The van der Waals surface area contributed by atoms with Crippen molar-refractivity contribution in [2.24, 2.45) is 5.73 Å². The van der Waals surface area contributed by atoms with Crippen molar-refractivity contribution in [1.29, 1.82) is 5.26 Å². The van der Waals surface area contributed by atoms with Gasteiger partial charge in [-0.1, -0.05) is 34.1 Å². The minimum absolute atomic E-state index is 0.113. The first-order valence-corrected chi connectivity index (χ1v) is 7.18. The molecule has 2 N–H and O–H groups in total. The second kappa shape index (κ2) is 6.70. The van der Waals surface area contributed by atoms with Gasteiger partial charge in [-0.2, -0.15) is 5.26 Å². The number of halogens is 2. The lowest BCUT2D eigenvalue weighted by Crippen LogP contribution is -2.29. The number of nitrogens with two attached hydrogens (primary N) is 1. The van der Waals surface area contributed by atoms with Gasteiger partial charge in [-0.15, -0.1) is 0 Å². The molecule has 2 rings (SSSR count). The van der Waals surface area contributed by atoms with E-state index in [4.69, 9.17) is 15.7 Å². The van der Waals surface area contributed by atoms with Gasteiger partial charge >= 0.3 is 0 Å². The normalized spacial score (nSPS) is 13.3. The molecule has 0 heterocycles. The third-order valence-corrected chi connectivity index (χ3v) is 3.49. The molecule has 108 valence electrons. The van der Waals surface area contributed by atoms with Crippen LogP contribution in [0.5, 0.6) is 5.75 Å². The van der Waals surface area contributed by atoms with E-state index in [2.05, 4.69) is 15.9 Å². The number of ether oxygens (including phenoxy) is 1. The van der Waals surface area contributed by atoms with Crippen molar-refractivity contribution in [1.82, 2.24) is 0 Å². The number of nitriles is 1. The fraction of sp³-hybridized carbons (Fsp3) is 0.188. The highest BCUT2D eigenvalue weighted by Crippen LogP contribution is 2.29. The van der Waals surface area contributed by atoms with Crippen LogP contribution in [0.1, 0.15) is 24.2 Å². The zero-order valence-electron chi connectivity index (χ0n) is 11.4. The lowest BCUT2D eigenvalue weighted by Gasteiger charge is -2.23. The molecule has 0 aliphatic carbocycles. The van der Waals surface area contributed by atoms with Crippen LogP contribution in [-0.2, 0) is 0 Å². The molecule has 3 nitrogen and oxygen atoms in total. The summed E-state index contributed by atoms with van der Waals surface area (Å²) in [5.74, 6) is -0.410. The summed E-state index contributed by atoms with van der Waals surface area (Å²) < 4.78 is 20.3. The number of hydrogen-bond acceptors (Lipinski definition) is 3. The standard InChI is InChI=1S/C16H14BrFN2O/c1-10(20)16(11-4-2-5-12(17)8-11)21-15-7-3-6-14(18)13(15)9-19/h2-8,10,16H,20H2,1H3. The molecule has 0 aromatic heterocycles. The number of rotatable bonds is 4. The van der Waals surface area contributed by atoms with Crippen LogP contribution in [0.4, 0.5) is 4.39 Å². The van der Waals surface area contributed by atoms with Crippen molar-refractivity contribution in [2.75, 3.05) is 0 Å². The quantitative estimate of drug-likeness (QED) is 0.910. The van der Waals surface area contributed by atoms with Crippen LogP contribution in [0.2, 0.25) is 0 Å². The van der Waals surface area contributed by atoms with E-state index in [0.29, 0.717) is 0 Å². The maximum atomic E-state index is 13.6. The fourth-order valence-corrected chi connectivity index (χ4v) is 2.43. The van der Waals surface area contributed by atoms with Crippen LogP contribution in [0.3, 0.4) is 0 Å². The van der Waals surface area contributed by atoms with E-state index in [-0.39, 0.29) is 17.4 Å². The second-order valence-corrected chi connectivity index (χ2v) is 5.59. The van der Waals surface area contributed by atoms with Gasteiger partial charge in [0.25, 0.3) is 0 Å². The molecule has 0 amide bonds. The van der Waals surface area contributed by atoms with Crippen molar-refractivity contribution in [3.8, 4) is 11.8 Å². The van der Waals surface area contributed by atoms with Crippen LogP contribution in [0.15, 0.2) is 46.9 Å². The van der Waals surface area contributed by atoms with Gasteiger partial charge in [0.1, 0.15) is 29.3 Å². The third-order valence-electron chi connectivity index (χ3n) is 3.00. The summed E-state index contributed by atoms with van der Waals surface area (Å²) in [5.41, 5.74) is 6.72. The average molecular weight is 349 g/mol. The van der Waals surface area contributed by atoms with Gasteiger partial charge < -0.3 is 10.5 Å². The van der Waals surface area contributed by atoms with Gasteiger partial charge in [0.15, 0.2) is 0 Å². The lowest BCUT2D eigenvalue weighted by molar-refractivity contribution is 0.179. The van der Waals surface area contributed by atoms with E-state index in [1.165, 1.54) is 12.1 Å². The molecule has 0 fully saturated rings. The molecule has 0 bridgehead atoms. The van der Waals surface area contributed by atoms with E-state index in [9.17, 15) is 4.39 Å². The highest BCUT2D eigenvalue weighted by molar-refractivity contribution is 9.10. The maximum Gasteiger partial charge on any atom is 0.144 e. The molecule has 21 heavy (non-hydrogen) atoms. The monoisotopic (exact) mass is 348 g/mol. The van der Waals surface area contributed by atoms with Crippen molar-refractivity contribution in [3.05, 3.63) is 63.9 Å². The first-order valence-electron chi connectivity index (χ1n) is 6.39. The van der Waals surface area contributed by atoms with Crippen LogP contribution in [-0.4, -0.2) is 6.04 Å². The van der Waals surface area contributed by atoms with E-state index < -0.39 is 11.9 Å². The first kappa shape index (κ1) is 15.5. The van der Waals surface area contributed by atoms with Gasteiger partial charge in [0, 0.05) is 10.5 Å². The summed E-state index contributed by atoms with van der Waals surface area (Å²) in [5, 5.41) is 9.06. The molecule has 2 unspecified atom stereocenters. The van der Waals surface area contributed by atoms with Gasteiger partial charge in [-0.3, -0.25) is 0 Å². The molecule has 0 saturated heterocycles. The Kier molecular flexibility index (Phi) is 4.94. The highest BCUT2D eigenvalue weighted by Gasteiger charge is 2.21. The van der Waals surface area contributed by atoms with E-state index in [0.717, 1.165) is 10.0 Å². The Balaban J connectivity index is 2.39. The average Bonchev–Trinajstić information content (AvgIpc) is 2.44. The second-order valence-electron chi connectivity index (χ2n) is 4.68. The Hall–Kier alpha value is -1.90. The van der Waals surface area contributed by atoms with Gasteiger partial charge in [0.2, 0.25) is 0 Å². The predicted molar refractivity (Wildman–Crippen MR) is 82.3 cm³/mol. The van der Waals surface area contributed by atoms with E-state index >= 15 is 0 Å². The Morgan fingerprint density at radius 1 is 1.29 bits per heavy atom. The SMILES string of the molecule is CC(N)C(Oc1cccc(F)c1C#N)c1cccc(Br)c1. The molecular formula is C16H14BrFN2O. The third kappa shape index (κ3) is 3.60. The Morgan fingerprint density at radius 2 is 2.00 bits per heavy atom. The summed E-state index contributed by atoms with van der Waals surface area (Å²) in [7, 11) is 0. The van der Waals surface area contributed by atoms with Gasteiger partial charge in [-0.05, 0) is 36.8 Å². The van der Waals surface area contributed by atoms with Crippen LogP contribution in [0, 0.1) is 17.1 Å². The fourth-order valence-electron chi connectivity index (χ4n) is 2.01. The smallest absolute Gasteiger partial charge is 0.144 e. The van der Waals surface area contributed by atoms with E-state index in [1.54, 1.807) is 13.0 Å². The molecule has 0 aliphatic heterocycles. The van der Waals surface area contributed by atoms with Crippen LogP contribution in [0.25, 0.3) is 0 Å². The zero-order chi connectivity index (χ0) is 15.4. The van der Waals surface area contributed by atoms with Crippen molar-refractivity contribution in [2.45, 2.75) is 19.1 Å². The Morgan fingerprint density at radius 3 is 2.62 bits per heavy atom. The van der Waals surface area contributed by atoms with Crippen LogP contribution >= 0.6 is 15.9 Å². The summed E-state index contributed by atoms with van der Waals surface area (Å²) in [6.07, 6.45) is -0.476. The highest BCUT2D eigenvalue weighted by atomic mass is 79.9. The number of hydrogen-bond donors (Lipinski definition) is 1. The van der Waals surface area contributed by atoms with Gasteiger partial charge in [0.05, 0.1) is 0 Å². The largest absolute Gasteiger partial charge is 0.483 e. The van der Waals surface area contributed by atoms with Crippen molar-refractivity contribution >= 4 is 15.9 Å². The lowest BCUT2D eigenvalue weighted by atomic mass is 10.0. The predicted octanol–water partition coefficient (Wildman–Crippen LogP) is 3.93. The van der Waals surface area contributed by atoms with Crippen molar-refractivity contribution < 1.29 is 9.13 Å². The molecule has 2 aromatic carbocycles. The topological polar surface area (TPSA) is 59.0 Å². The molecule has 0 saturated carbocycles. The molecule has 0 aliphatic rings. The van der Waals surface area contributed by atoms with E-state index in [1.807, 2.05) is 30.3 Å². The molecule has 0 spiro atoms. The molecule has 5 heteroatoms. The zero-order valence-corrected chi connectivity index (χ0v) is 13.0. The summed E-state index contributed by atoms with van der Waals surface area (Å²) >= 11 is 3.40. The van der Waals surface area contributed by atoms with Crippen molar-refractivity contribution in [3.63, 3.8) is 0 Å². The number of benzene rings is 2. The Bertz CT molecular complexity index is 682. The maximum absolute atomic E-state index is 13.6. The minimum atomic E-state index is -0.604. The summed E-state index contributed by atoms with van der Waals surface area (Å²) in [4.78, 5) is 0. The molecule has 0 radical (unpaired) electrons. The molecule has 2 atom stereocenters. The molecule has 2 aromatic rings. The number of nitrogens with zero attached hydrogens (tertiary/aromatic N) is 1.